The molecule has 0 aliphatic rings. The summed E-state index contributed by atoms with van der Waals surface area (Å²) in [5.41, 5.74) is -0.982. The van der Waals surface area contributed by atoms with E-state index in [0.29, 0.717) is 10.8 Å². The number of carbonyl (C=O) groups is 3. The summed E-state index contributed by atoms with van der Waals surface area (Å²) in [5, 5.41) is 3.12. The Bertz CT molecular complexity index is 741. The highest BCUT2D eigenvalue weighted by Gasteiger charge is 2.35. The first-order valence-electron chi connectivity index (χ1n) is 9.61. The van der Waals surface area contributed by atoms with Crippen LogP contribution in [0.1, 0.15) is 55.4 Å². The third-order valence-electron chi connectivity index (χ3n) is 3.55. The smallest absolute Gasteiger partial charge is 0.339 e. The second-order valence-corrected chi connectivity index (χ2v) is 15.1. The fourth-order valence-electron chi connectivity index (χ4n) is 2.15. The first kappa shape index (κ1) is 26.8. The molecule has 7 heteroatoms. The molecular weight excluding hydrogens is 386 g/mol. The number of esters is 2. The van der Waals surface area contributed by atoms with Crippen molar-refractivity contribution < 1.29 is 23.9 Å². The van der Waals surface area contributed by atoms with Crippen molar-refractivity contribution in [3.63, 3.8) is 0 Å². The van der Waals surface area contributed by atoms with E-state index in [0.717, 1.165) is 0 Å². The minimum Gasteiger partial charge on any atom is -0.456 e. The highest BCUT2D eigenvalue weighted by Crippen LogP contribution is 2.31. The van der Waals surface area contributed by atoms with E-state index in [9.17, 15) is 14.4 Å². The van der Waals surface area contributed by atoms with Crippen LogP contribution in [-0.4, -0.2) is 37.1 Å². The summed E-state index contributed by atoms with van der Waals surface area (Å²) in [6.45, 7) is 23.7. The average molecular weight is 424 g/mol. The Morgan fingerprint density at radius 1 is 0.828 bits per heavy atom. The van der Waals surface area contributed by atoms with Crippen LogP contribution in [0.5, 0.6) is 0 Å². The van der Waals surface area contributed by atoms with Crippen LogP contribution in [0.15, 0.2) is 34.7 Å². The van der Waals surface area contributed by atoms with Crippen molar-refractivity contribution in [2.45, 2.75) is 86.2 Å². The number of rotatable bonds is 6. The summed E-state index contributed by atoms with van der Waals surface area (Å²) in [6.07, 6.45) is 1.39. The van der Waals surface area contributed by atoms with Gasteiger partial charge in [0.25, 0.3) is 0 Å². The van der Waals surface area contributed by atoms with Gasteiger partial charge in [0, 0.05) is 13.1 Å². The molecular formula is C22H37NO5Si. The van der Waals surface area contributed by atoms with Crippen LogP contribution < -0.4 is 5.32 Å². The molecule has 0 saturated carbocycles. The van der Waals surface area contributed by atoms with Gasteiger partial charge in [-0.15, -0.1) is 0 Å². The van der Waals surface area contributed by atoms with Gasteiger partial charge in [0.1, 0.15) is 11.2 Å². The summed E-state index contributed by atoms with van der Waals surface area (Å²) in [5.74, 6) is -1.60. The molecule has 0 fully saturated rings. The summed E-state index contributed by atoms with van der Waals surface area (Å²) in [6, 6.07) is 0. The van der Waals surface area contributed by atoms with Crippen LogP contribution in [-0.2, 0) is 23.9 Å². The molecule has 0 heterocycles. The molecule has 0 unspecified atom stereocenters. The molecule has 0 spiro atoms. The third kappa shape index (κ3) is 9.74. The van der Waals surface area contributed by atoms with Crippen LogP contribution in [0.25, 0.3) is 0 Å². The van der Waals surface area contributed by atoms with Gasteiger partial charge < -0.3 is 14.8 Å². The van der Waals surface area contributed by atoms with E-state index in [1.807, 2.05) is 19.6 Å². The number of ether oxygens (including phenoxy) is 2. The van der Waals surface area contributed by atoms with Crippen molar-refractivity contribution in [2.75, 3.05) is 0 Å². The van der Waals surface area contributed by atoms with Crippen molar-refractivity contribution in [3.05, 3.63) is 34.7 Å². The Balaban J connectivity index is 6.91. The third-order valence-corrected chi connectivity index (χ3v) is 5.61. The first-order valence-corrected chi connectivity index (χ1v) is 13.1. The molecule has 0 bridgehead atoms. The highest BCUT2D eigenvalue weighted by atomic mass is 28.3. The molecule has 0 aliphatic carbocycles. The van der Waals surface area contributed by atoms with E-state index >= 15 is 0 Å². The molecule has 0 aromatic carbocycles. The van der Waals surface area contributed by atoms with Crippen LogP contribution in [0, 0.1) is 0 Å². The molecule has 0 rings (SSSR count). The Morgan fingerprint density at radius 3 is 1.52 bits per heavy atom. The Labute approximate surface area is 176 Å². The zero-order chi connectivity index (χ0) is 23.4. The van der Waals surface area contributed by atoms with E-state index in [2.05, 4.69) is 11.9 Å². The Kier molecular flexibility index (Phi) is 8.85. The van der Waals surface area contributed by atoms with Gasteiger partial charge in [-0.1, -0.05) is 31.4 Å². The standard InChI is InChI=1S/C22H37NO5Si/c1-14(13-23-16(3)24)17(19(25)27-21(4,5)6)18(15(2)29(10,11)12)20(26)28-22(7,8)9/h13H,2H2,1,3-12H3,(H,23,24)/b14-13+,18-17+. The van der Waals surface area contributed by atoms with E-state index < -0.39 is 31.2 Å². The molecule has 0 aromatic rings. The molecule has 0 aromatic heterocycles. The molecule has 0 radical (unpaired) electrons. The zero-order valence-electron chi connectivity index (χ0n) is 19.8. The van der Waals surface area contributed by atoms with Gasteiger partial charge in [0.05, 0.1) is 19.2 Å². The van der Waals surface area contributed by atoms with Gasteiger partial charge in [0.2, 0.25) is 5.91 Å². The minimum atomic E-state index is -2.10. The molecule has 1 amide bonds. The maximum Gasteiger partial charge on any atom is 0.339 e. The fourth-order valence-corrected chi connectivity index (χ4v) is 3.13. The lowest BCUT2D eigenvalue weighted by Gasteiger charge is -2.28. The van der Waals surface area contributed by atoms with Crippen LogP contribution in [0.4, 0.5) is 0 Å². The molecule has 1 N–H and O–H groups in total. The Morgan fingerprint density at radius 2 is 1.21 bits per heavy atom. The van der Waals surface area contributed by atoms with Crippen LogP contribution >= 0.6 is 0 Å². The SMILES string of the molecule is C=C(/C(C(=O)OC(C)(C)C)=C(C(=O)OC(C)(C)C)/C(C)=C/NC(C)=O)[Si](C)(C)C. The average Bonchev–Trinajstić information content (AvgIpc) is 2.44. The van der Waals surface area contributed by atoms with E-state index in [1.165, 1.54) is 13.1 Å². The van der Waals surface area contributed by atoms with Gasteiger partial charge >= 0.3 is 11.9 Å². The number of amides is 1. The second kappa shape index (κ2) is 9.56. The van der Waals surface area contributed by atoms with Crippen molar-refractivity contribution in [1.29, 1.82) is 0 Å². The number of hydrogen-bond donors (Lipinski definition) is 1. The monoisotopic (exact) mass is 423 g/mol. The molecule has 6 nitrogen and oxygen atoms in total. The van der Waals surface area contributed by atoms with Crippen molar-refractivity contribution >= 4 is 25.9 Å². The maximum atomic E-state index is 13.2. The number of hydrogen-bond acceptors (Lipinski definition) is 5. The summed E-state index contributed by atoms with van der Waals surface area (Å²) < 4.78 is 11.2. The van der Waals surface area contributed by atoms with Crippen LogP contribution in [0.3, 0.4) is 0 Å². The molecule has 0 aliphatic heterocycles. The van der Waals surface area contributed by atoms with Crippen molar-refractivity contribution in [3.8, 4) is 0 Å². The molecule has 29 heavy (non-hydrogen) atoms. The minimum absolute atomic E-state index is 0.0512. The van der Waals surface area contributed by atoms with Gasteiger partial charge in [0.15, 0.2) is 0 Å². The van der Waals surface area contributed by atoms with Crippen LogP contribution in [0.2, 0.25) is 19.6 Å². The predicted molar refractivity (Wildman–Crippen MR) is 119 cm³/mol. The van der Waals surface area contributed by atoms with Gasteiger partial charge in [-0.25, -0.2) is 9.59 Å². The lowest BCUT2D eigenvalue weighted by molar-refractivity contribution is -0.153. The number of nitrogens with one attached hydrogen (secondary N) is 1. The topological polar surface area (TPSA) is 81.7 Å². The lowest BCUT2D eigenvalue weighted by Crippen LogP contribution is -2.34. The van der Waals surface area contributed by atoms with Gasteiger partial charge in [-0.3, -0.25) is 4.79 Å². The van der Waals surface area contributed by atoms with Crippen molar-refractivity contribution in [1.82, 2.24) is 5.32 Å². The molecule has 0 saturated heterocycles. The van der Waals surface area contributed by atoms with Gasteiger partial charge in [-0.2, -0.15) is 0 Å². The maximum absolute atomic E-state index is 13.2. The normalized spacial score (nSPS) is 14.0. The molecule has 0 atom stereocenters. The quantitative estimate of drug-likeness (QED) is 0.296. The number of carbonyl (C=O) groups excluding carboxylic acids is 3. The zero-order valence-corrected chi connectivity index (χ0v) is 20.8. The van der Waals surface area contributed by atoms with E-state index in [1.54, 1.807) is 48.5 Å². The largest absolute Gasteiger partial charge is 0.456 e. The van der Waals surface area contributed by atoms with E-state index in [-0.39, 0.29) is 17.1 Å². The van der Waals surface area contributed by atoms with Crippen molar-refractivity contribution in [2.24, 2.45) is 0 Å². The lowest BCUT2D eigenvalue weighted by atomic mass is 10.00. The first-order chi connectivity index (χ1) is 12.8. The fraction of sp³-hybridized carbons (Fsp3) is 0.591. The van der Waals surface area contributed by atoms with E-state index in [4.69, 9.17) is 9.47 Å². The second-order valence-electron chi connectivity index (χ2n) is 10.0. The summed E-state index contributed by atoms with van der Waals surface area (Å²) >= 11 is 0. The summed E-state index contributed by atoms with van der Waals surface area (Å²) in [7, 11) is -2.10. The summed E-state index contributed by atoms with van der Waals surface area (Å²) in [4.78, 5) is 37.6. The highest BCUT2D eigenvalue weighted by molar-refractivity contribution is 6.84. The predicted octanol–water partition coefficient (Wildman–Crippen LogP) is 4.44. The Hall–Kier alpha value is -2.15. The van der Waals surface area contributed by atoms with Gasteiger partial charge in [-0.05, 0) is 54.0 Å². The molecule has 164 valence electrons.